The summed E-state index contributed by atoms with van der Waals surface area (Å²) < 4.78 is 42.7. The van der Waals surface area contributed by atoms with Crippen LogP contribution in [0, 0.1) is 5.82 Å². The van der Waals surface area contributed by atoms with Crippen molar-refractivity contribution < 1.29 is 27.5 Å². The Balaban J connectivity index is 2.35. The van der Waals surface area contributed by atoms with Crippen molar-refractivity contribution in [3.63, 3.8) is 0 Å². The molecular formula is C20H25FNO5P. The van der Waals surface area contributed by atoms with Crippen LogP contribution in [0.5, 0.6) is 0 Å². The van der Waals surface area contributed by atoms with Gasteiger partial charge in [-0.05, 0) is 62.7 Å². The minimum absolute atomic E-state index is 0.193. The van der Waals surface area contributed by atoms with Gasteiger partial charge in [-0.2, -0.15) is 0 Å². The Labute approximate surface area is 164 Å². The molecule has 0 spiro atoms. The van der Waals surface area contributed by atoms with E-state index < -0.39 is 25.2 Å². The van der Waals surface area contributed by atoms with Gasteiger partial charge < -0.3 is 19.1 Å². The van der Waals surface area contributed by atoms with Crippen LogP contribution >= 0.6 is 7.60 Å². The fourth-order valence-corrected chi connectivity index (χ4v) is 4.55. The van der Waals surface area contributed by atoms with Crippen LogP contribution in [0.4, 0.5) is 10.1 Å². The van der Waals surface area contributed by atoms with E-state index in [1.807, 2.05) is 0 Å². The van der Waals surface area contributed by atoms with Crippen LogP contribution in [-0.2, 0) is 18.3 Å². The third-order valence-electron chi connectivity index (χ3n) is 3.82. The van der Waals surface area contributed by atoms with Gasteiger partial charge in [-0.3, -0.25) is 4.57 Å². The van der Waals surface area contributed by atoms with Crippen LogP contribution in [0.2, 0.25) is 0 Å². The number of hydrogen-bond donors (Lipinski definition) is 1. The summed E-state index contributed by atoms with van der Waals surface area (Å²) in [6.07, 6.45) is 0. The van der Waals surface area contributed by atoms with E-state index in [1.165, 1.54) is 24.3 Å². The minimum atomic E-state index is -3.60. The van der Waals surface area contributed by atoms with Crippen molar-refractivity contribution >= 4 is 19.3 Å². The van der Waals surface area contributed by atoms with Gasteiger partial charge in [0.1, 0.15) is 5.82 Å². The van der Waals surface area contributed by atoms with E-state index >= 15 is 0 Å². The number of ether oxygens (including phenoxy) is 1. The quantitative estimate of drug-likeness (QED) is 0.420. The molecule has 1 atom stereocenters. The zero-order chi connectivity index (χ0) is 20.6. The fraction of sp³-hybridized carbons (Fsp3) is 0.350. The Kier molecular flexibility index (Phi) is 8.18. The highest BCUT2D eigenvalue weighted by atomic mass is 31.2. The Morgan fingerprint density at radius 3 is 2.04 bits per heavy atom. The fourth-order valence-electron chi connectivity index (χ4n) is 2.61. The average Bonchev–Trinajstić information content (AvgIpc) is 2.68. The Morgan fingerprint density at radius 1 is 0.964 bits per heavy atom. The van der Waals surface area contributed by atoms with Crippen molar-refractivity contribution in [1.29, 1.82) is 0 Å². The first-order chi connectivity index (χ1) is 13.4. The second-order valence-electron chi connectivity index (χ2n) is 5.77. The van der Waals surface area contributed by atoms with Crippen molar-refractivity contribution in [3.05, 3.63) is 65.5 Å². The third-order valence-corrected chi connectivity index (χ3v) is 6.12. The molecule has 28 heavy (non-hydrogen) atoms. The van der Waals surface area contributed by atoms with E-state index in [4.69, 9.17) is 13.8 Å². The highest BCUT2D eigenvalue weighted by molar-refractivity contribution is 7.54. The van der Waals surface area contributed by atoms with Crippen LogP contribution < -0.4 is 5.32 Å². The highest BCUT2D eigenvalue weighted by Crippen LogP contribution is 2.60. The lowest BCUT2D eigenvalue weighted by molar-refractivity contribution is 0.0526. The summed E-state index contributed by atoms with van der Waals surface area (Å²) in [5.74, 6) is -1.66. The van der Waals surface area contributed by atoms with Gasteiger partial charge in [0.25, 0.3) is 0 Å². The summed E-state index contributed by atoms with van der Waals surface area (Å²) in [6.45, 7) is 5.86. The van der Waals surface area contributed by atoms with Gasteiger partial charge in [0.05, 0.1) is 25.4 Å². The second kappa shape index (κ2) is 10.4. The first-order valence-electron chi connectivity index (χ1n) is 9.11. The molecule has 0 aromatic heterocycles. The van der Waals surface area contributed by atoms with Crippen molar-refractivity contribution in [2.45, 2.75) is 26.6 Å². The summed E-state index contributed by atoms with van der Waals surface area (Å²) in [5.41, 5.74) is 1.56. The first-order valence-corrected chi connectivity index (χ1v) is 10.7. The number of anilines is 1. The molecule has 0 heterocycles. The number of carbonyl (C=O) groups excluding carboxylic acids is 1. The van der Waals surface area contributed by atoms with Crippen LogP contribution in [0.3, 0.4) is 0 Å². The number of hydrogen-bond acceptors (Lipinski definition) is 6. The van der Waals surface area contributed by atoms with E-state index in [-0.39, 0.29) is 19.8 Å². The molecule has 2 aromatic rings. The number of halogens is 1. The molecule has 6 nitrogen and oxygen atoms in total. The minimum Gasteiger partial charge on any atom is -0.462 e. The molecule has 152 valence electrons. The average molecular weight is 409 g/mol. The van der Waals surface area contributed by atoms with Crippen LogP contribution in [0.15, 0.2) is 48.5 Å². The summed E-state index contributed by atoms with van der Waals surface area (Å²) in [7, 11) is -3.60. The molecule has 0 bridgehead atoms. The van der Waals surface area contributed by atoms with Crippen LogP contribution in [0.1, 0.15) is 42.5 Å². The van der Waals surface area contributed by atoms with Gasteiger partial charge in [-0.25, -0.2) is 9.18 Å². The predicted octanol–water partition coefficient (Wildman–Crippen LogP) is 5.38. The lowest BCUT2D eigenvalue weighted by atomic mass is 10.2. The van der Waals surface area contributed by atoms with Crippen molar-refractivity contribution in [3.8, 4) is 0 Å². The number of esters is 1. The number of benzene rings is 2. The summed E-state index contributed by atoms with van der Waals surface area (Å²) in [4.78, 5) is 11.8. The van der Waals surface area contributed by atoms with Crippen LogP contribution in [0.25, 0.3) is 0 Å². The molecule has 2 rings (SSSR count). The van der Waals surface area contributed by atoms with Gasteiger partial charge in [-0.15, -0.1) is 0 Å². The van der Waals surface area contributed by atoms with Gasteiger partial charge >= 0.3 is 13.6 Å². The maximum Gasteiger partial charge on any atom is 0.357 e. The molecule has 0 aliphatic carbocycles. The Morgan fingerprint density at radius 2 is 1.54 bits per heavy atom. The molecule has 2 aromatic carbocycles. The smallest absolute Gasteiger partial charge is 0.357 e. The van der Waals surface area contributed by atoms with Crippen molar-refractivity contribution in [1.82, 2.24) is 0 Å². The number of carbonyl (C=O) groups is 1. The number of nitrogens with one attached hydrogen (secondary N) is 1. The summed E-state index contributed by atoms with van der Waals surface area (Å²) in [6, 6.07) is 12.2. The van der Waals surface area contributed by atoms with E-state index in [1.54, 1.807) is 45.0 Å². The lowest BCUT2D eigenvalue weighted by Gasteiger charge is -2.28. The van der Waals surface area contributed by atoms with E-state index in [0.717, 1.165) is 0 Å². The first kappa shape index (κ1) is 22.1. The zero-order valence-corrected chi connectivity index (χ0v) is 17.1. The van der Waals surface area contributed by atoms with Gasteiger partial charge in [0.15, 0.2) is 5.78 Å². The molecule has 0 saturated heterocycles. The van der Waals surface area contributed by atoms with Crippen molar-refractivity contribution in [2.24, 2.45) is 0 Å². The summed E-state index contributed by atoms with van der Waals surface area (Å²) >= 11 is 0. The monoisotopic (exact) mass is 409 g/mol. The molecule has 1 unspecified atom stereocenters. The molecule has 0 fully saturated rings. The molecule has 8 heteroatoms. The predicted molar refractivity (Wildman–Crippen MR) is 106 cm³/mol. The molecule has 0 aliphatic heterocycles. The van der Waals surface area contributed by atoms with E-state index in [0.29, 0.717) is 16.8 Å². The third kappa shape index (κ3) is 5.64. The maximum atomic E-state index is 13.4. The van der Waals surface area contributed by atoms with Gasteiger partial charge in [0.2, 0.25) is 0 Å². The standard InChI is InChI=1S/C20H25FNO5P/c1-4-25-20(23)16-9-13-18(14-10-16)22-19(15-7-11-17(21)12-8-15)28(24,26-5-2)27-6-3/h7-14,19,22H,4-6H2,1-3H3. The SMILES string of the molecule is CCOC(=O)c1ccc(NC(c2ccc(F)cc2)P(=O)(OCC)OCC)cc1. The van der Waals surface area contributed by atoms with E-state index in [2.05, 4.69) is 5.32 Å². The molecule has 0 amide bonds. The highest BCUT2D eigenvalue weighted by Gasteiger charge is 2.37. The van der Waals surface area contributed by atoms with Crippen molar-refractivity contribution in [2.75, 3.05) is 25.1 Å². The zero-order valence-electron chi connectivity index (χ0n) is 16.2. The Bertz CT molecular complexity index is 800. The molecule has 0 aliphatic rings. The lowest BCUT2D eigenvalue weighted by Crippen LogP contribution is -2.15. The van der Waals surface area contributed by atoms with E-state index in [9.17, 15) is 13.8 Å². The normalized spacial score (nSPS) is 12.4. The summed E-state index contributed by atoms with van der Waals surface area (Å²) in [5, 5.41) is 3.14. The topological polar surface area (TPSA) is 73.9 Å². The Hall–Kier alpha value is -2.21. The van der Waals surface area contributed by atoms with Gasteiger partial charge in [-0.1, -0.05) is 12.1 Å². The molecule has 0 saturated carbocycles. The largest absolute Gasteiger partial charge is 0.462 e. The van der Waals surface area contributed by atoms with Crippen LogP contribution in [-0.4, -0.2) is 25.8 Å². The number of rotatable bonds is 10. The second-order valence-corrected chi connectivity index (χ2v) is 7.88. The maximum absolute atomic E-state index is 13.4. The molecule has 1 N–H and O–H groups in total. The molecular weight excluding hydrogens is 384 g/mol. The molecule has 0 radical (unpaired) electrons. The van der Waals surface area contributed by atoms with Gasteiger partial charge in [0, 0.05) is 5.69 Å².